The Hall–Kier alpha value is -3.99. The quantitative estimate of drug-likeness (QED) is 0.269. The fraction of sp³-hybridized carbons (Fsp3) is 0.0417. The molecule has 0 atom stereocenters. The molecule has 29 heavy (non-hydrogen) atoms. The highest BCUT2D eigenvalue weighted by molar-refractivity contribution is 6.17. The van der Waals surface area contributed by atoms with Crippen LogP contribution in [0.15, 0.2) is 84.9 Å². The molecule has 0 fully saturated rings. The molecule has 0 saturated heterocycles. The molecule has 4 rings (SSSR count). The number of H-pyrrole nitrogens is 1. The first-order valence-corrected chi connectivity index (χ1v) is 9.19. The van der Waals surface area contributed by atoms with Crippen molar-refractivity contribution in [1.29, 1.82) is 0 Å². The molecule has 0 saturated carbocycles. The van der Waals surface area contributed by atoms with E-state index < -0.39 is 4.92 Å². The molecular formula is C24H18N2O3. The van der Waals surface area contributed by atoms with E-state index in [1.807, 2.05) is 55.5 Å². The smallest absolute Gasteiger partial charge is 0.269 e. The van der Waals surface area contributed by atoms with Gasteiger partial charge in [0.25, 0.3) is 5.69 Å². The van der Waals surface area contributed by atoms with E-state index in [4.69, 9.17) is 0 Å². The number of nitrogens with zero attached hydrogens (tertiary/aromatic N) is 1. The molecule has 0 amide bonds. The maximum Gasteiger partial charge on any atom is 0.269 e. The second-order valence-electron chi connectivity index (χ2n) is 6.74. The number of hydrogen-bond acceptors (Lipinski definition) is 3. The van der Waals surface area contributed by atoms with E-state index in [0.717, 1.165) is 28.1 Å². The Kier molecular flexibility index (Phi) is 4.79. The Balaban J connectivity index is 1.94. The van der Waals surface area contributed by atoms with Crippen LogP contribution < -0.4 is 0 Å². The average Bonchev–Trinajstić information content (AvgIpc) is 3.11. The number of nitro benzene ring substituents is 1. The molecule has 0 aliphatic rings. The molecule has 4 aromatic rings. The minimum atomic E-state index is -0.431. The minimum absolute atomic E-state index is 0.0150. The van der Waals surface area contributed by atoms with E-state index in [9.17, 15) is 14.9 Å². The van der Waals surface area contributed by atoms with Crippen LogP contribution in [-0.2, 0) is 0 Å². The summed E-state index contributed by atoms with van der Waals surface area (Å²) in [5.41, 5.74) is 5.16. The normalized spacial score (nSPS) is 10.7. The van der Waals surface area contributed by atoms with Gasteiger partial charge in [-0.1, -0.05) is 60.7 Å². The van der Waals surface area contributed by atoms with E-state index in [-0.39, 0.29) is 11.5 Å². The Bertz CT molecular complexity index is 1180. The number of aromatic amines is 1. The van der Waals surface area contributed by atoms with Gasteiger partial charge in [-0.3, -0.25) is 14.9 Å². The van der Waals surface area contributed by atoms with Crippen molar-refractivity contribution in [3.8, 4) is 22.4 Å². The second kappa shape index (κ2) is 7.56. The standard InChI is InChI=1S/C24H18N2O3/c1-16-21(17-12-14-20(15-13-17)26(28)29)22(24(27)19-10-6-3-7-11-19)23(25-16)18-8-4-2-5-9-18/h2-15,25H,1H3. The molecule has 0 radical (unpaired) electrons. The maximum atomic E-state index is 13.5. The number of non-ortho nitro benzene ring substituents is 1. The first kappa shape index (κ1) is 18.4. The van der Waals surface area contributed by atoms with Gasteiger partial charge in [-0.15, -0.1) is 0 Å². The molecule has 0 unspecified atom stereocenters. The Morgan fingerprint density at radius 3 is 2.00 bits per heavy atom. The monoisotopic (exact) mass is 382 g/mol. The summed E-state index contributed by atoms with van der Waals surface area (Å²) in [5.74, 6) is -0.0952. The molecule has 142 valence electrons. The summed E-state index contributed by atoms with van der Waals surface area (Å²) >= 11 is 0. The fourth-order valence-electron chi connectivity index (χ4n) is 3.52. The second-order valence-corrected chi connectivity index (χ2v) is 6.74. The predicted octanol–water partition coefficient (Wildman–Crippen LogP) is 5.80. The van der Waals surface area contributed by atoms with E-state index >= 15 is 0 Å². The number of hydrogen-bond donors (Lipinski definition) is 1. The van der Waals surface area contributed by atoms with Gasteiger partial charge in [-0.2, -0.15) is 0 Å². The summed E-state index contributed by atoms with van der Waals surface area (Å²) < 4.78 is 0. The van der Waals surface area contributed by atoms with Crippen molar-refractivity contribution in [3.63, 3.8) is 0 Å². The summed E-state index contributed by atoms with van der Waals surface area (Å²) in [5, 5.41) is 11.0. The van der Waals surface area contributed by atoms with Crippen LogP contribution >= 0.6 is 0 Å². The number of benzene rings is 3. The average molecular weight is 382 g/mol. The summed E-state index contributed by atoms with van der Waals surface area (Å²) in [7, 11) is 0. The third-order valence-electron chi connectivity index (χ3n) is 4.88. The zero-order chi connectivity index (χ0) is 20.4. The lowest BCUT2D eigenvalue weighted by Crippen LogP contribution is -2.04. The van der Waals surface area contributed by atoms with E-state index in [0.29, 0.717) is 11.1 Å². The van der Waals surface area contributed by atoms with E-state index in [1.54, 1.807) is 24.3 Å². The summed E-state index contributed by atoms with van der Waals surface area (Å²) in [6.45, 7) is 1.91. The predicted molar refractivity (Wildman–Crippen MR) is 113 cm³/mol. The van der Waals surface area contributed by atoms with Gasteiger partial charge in [0, 0.05) is 29.0 Å². The fourth-order valence-corrected chi connectivity index (χ4v) is 3.52. The number of rotatable bonds is 5. The highest BCUT2D eigenvalue weighted by Gasteiger charge is 2.24. The molecule has 5 nitrogen and oxygen atoms in total. The Morgan fingerprint density at radius 2 is 1.41 bits per heavy atom. The lowest BCUT2D eigenvalue weighted by molar-refractivity contribution is -0.384. The van der Waals surface area contributed by atoms with Crippen molar-refractivity contribution in [2.24, 2.45) is 0 Å². The number of nitro groups is 1. The SMILES string of the molecule is Cc1[nH]c(-c2ccccc2)c(C(=O)c2ccccc2)c1-c1ccc([N+](=O)[O-])cc1. The van der Waals surface area contributed by atoms with Gasteiger partial charge < -0.3 is 4.98 Å². The molecule has 0 aliphatic heterocycles. The van der Waals surface area contributed by atoms with Gasteiger partial charge in [0.1, 0.15) is 0 Å². The molecule has 0 spiro atoms. The first-order chi connectivity index (χ1) is 14.1. The van der Waals surface area contributed by atoms with Crippen molar-refractivity contribution in [2.75, 3.05) is 0 Å². The zero-order valence-corrected chi connectivity index (χ0v) is 15.8. The van der Waals surface area contributed by atoms with Crippen LogP contribution in [0.5, 0.6) is 0 Å². The number of nitrogens with one attached hydrogen (secondary N) is 1. The van der Waals surface area contributed by atoms with Gasteiger partial charge in [0.05, 0.1) is 16.2 Å². The van der Waals surface area contributed by atoms with Gasteiger partial charge >= 0.3 is 0 Å². The van der Waals surface area contributed by atoms with Crippen molar-refractivity contribution in [2.45, 2.75) is 6.92 Å². The first-order valence-electron chi connectivity index (χ1n) is 9.19. The van der Waals surface area contributed by atoms with Gasteiger partial charge in [-0.25, -0.2) is 0 Å². The largest absolute Gasteiger partial charge is 0.357 e. The zero-order valence-electron chi connectivity index (χ0n) is 15.8. The van der Waals surface area contributed by atoms with Crippen LogP contribution in [-0.4, -0.2) is 15.7 Å². The summed E-state index contributed by atoms with van der Waals surface area (Å²) in [6.07, 6.45) is 0. The van der Waals surface area contributed by atoms with Gasteiger partial charge in [-0.05, 0) is 30.2 Å². The molecule has 0 aliphatic carbocycles. The number of aryl methyl sites for hydroxylation is 1. The molecule has 1 N–H and O–H groups in total. The lowest BCUT2D eigenvalue weighted by atomic mass is 9.92. The van der Waals surface area contributed by atoms with Crippen molar-refractivity contribution in [3.05, 3.63) is 112 Å². The third kappa shape index (κ3) is 3.46. The van der Waals surface area contributed by atoms with Crippen LogP contribution in [0.2, 0.25) is 0 Å². The minimum Gasteiger partial charge on any atom is -0.357 e. The van der Waals surface area contributed by atoms with E-state index in [1.165, 1.54) is 12.1 Å². The molecule has 3 aromatic carbocycles. The topological polar surface area (TPSA) is 76.0 Å². The molecule has 0 bridgehead atoms. The van der Waals surface area contributed by atoms with Crippen LogP contribution in [0.4, 0.5) is 5.69 Å². The number of aromatic nitrogens is 1. The molecule has 1 heterocycles. The van der Waals surface area contributed by atoms with E-state index in [2.05, 4.69) is 4.98 Å². The Morgan fingerprint density at radius 1 is 0.828 bits per heavy atom. The van der Waals surface area contributed by atoms with Crippen molar-refractivity contribution < 1.29 is 9.72 Å². The maximum absolute atomic E-state index is 13.5. The van der Waals surface area contributed by atoms with Crippen LogP contribution in [0, 0.1) is 17.0 Å². The molecule has 5 heteroatoms. The van der Waals surface area contributed by atoms with Crippen LogP contribution in [0.1, 0.15) is 21.6 Å². The Labute approximate surface area is 167 Å². The van der Waals surface area contributed by atoms with Crippen LogP contribution in [0.3, 0.4) is 0 Å². The number of carbonyl (C=O) groups excluding carboxylic acids is 1. The van der Waals surface area contributed by atoms with Gasteiger partial charge in [0.2, 0.25) is 0 Å². The summed E-state index contributed by atoms with van der Waals surface area (Å²) in [4.78, 5) is 27.4. The van der Waals surface area contributed by atoms with Crippen molar-refractivity contribution >= 4 is 11.5 Å². The molecular weight excluding hydrogens is 364 g/mol. The highest BCUT2D eigenvalue weighted by Crippen LogP contribution is 2.37. The third-order valence-corrected chi connectivity index (χ3v) is 4.88. The lowest BCUT2D eigenvalue weighted by Gasteiger charge is -2.08. The van der Waals surface area contributed by atoms with Crippen LogP contribution in [0.25, 0.3) is 22.4 Å². The molecule has 1 aromatic heterocycles. The number of carbonyl (C=O) groups is 1. The van der Waals surface area contributed by atoms with Crippen molar-refractivity contribution in [1.82, 2.24) is 4.98 Å². The highest BCUT2D eigenvalue weighted by atomic mass is 16.6. The van der Waals surface area contributed by atoms with Gasteiger partial charge in [0.15, 0.2) is 5.78 Å². The summed E-state index contributed by atoms with van der Waals surface area (Å²) in [6, 6.07) is 25.1. The number of ketones is 1.